The fourth-order valence-electron chi connectivity index (χ4n) is 2.11. The molecule has 92 valence electrons. The van der Waals surface area contributed by atoms with E-state index in [0.717, 1.165) is 12.1 Å². The topological polar surface area (TPSA) is 49.8 Å². The summed E-state index contributed by atoms with van der Waals surface area (Å²) in [5, 5.41) is 9.21. The number of benzene rings is 1. The smallest absolute Gasteiger partial charge is 0.232 e. The van der Waals surface area contributed by atoms with Crippen LogP contribution in [0.5, 0.6) is 5.75 Å². The molecule has 0 saturated carbocycles. The van der Waals surface area contributed by atoms with E-state index in [1.54, 1.807) is 36.2 Å². The van der Waals surface area contributed by atoms with E-state index in [0.29, 0.717) is 6.61 Å². The lowest BCUT2D eigenvalue weighted by atomic mass is 10.0. The van der Waals surface area contributed by atoms with E-state index in [9.17, 15) is 9.90 Å². The average molecular weight is 235 g/mol. The zero-order valence-electron chi connectivity index (χ0n) is 10.1. The summed E-state index contributed by atoms with van der Waals surface area (Å²) < 4.78 is 5.40. The van der Waals surface area contributed by atoms with Crippen molar-refractivity contribution in [1.82, 2.24) is 0 Å². The summed E-state index contributed by atoms with van der Waals surface area (Å²) in [6.07, 6.45) is 0.768. The molecular weight excluding hydrogens is 218 g/mol. The first-order chi connectivity index (χ1) is 8.09. The SMILES string of the molecule is CC1OCCC1C(=O)N(C)c1ccc(O)cc1. The number of carbonyl (C=O) groups excluding carboxylic acids is 1. The molecule has 2 rings (SSSR count). The van der Waals surface area contributed by atoms with Gasteiger partial charge in [0.15, 0.2) is 0 Å². The van der Waals surface area contributed by atoms with Crippen molar-refractivity contribution >= 4 is 11.6 Å². The van der Waals surface area contributed by atoms with Crippen molar-refractivity contribution in [2.24, 2.45) is 5.92 Å². The van der Waals surface area contributed by atoms with Gasteiger partial charge in [-0.25, -0.2) is 0 Å². The summed E-state index contributed by atoms with van der Waals surface area (Å²) in [4.78, 5) is 13.8. The molecule has 2 atom stereocenters. The van der Waals surface area contributed by atoms with Crippen molar-refractivity contribution in [3.63, 3.8) is 0 Å². The van der Waals surface area contributed by atoms with Gasteiger partial charge in [0.25, 0.3) is 0 Å². The van der Waals surface area contributed by atoms with Gasteiger partial charge in [0.1, 0.15) is 5.75 Å². The first-order valence-corrected chi connectivity index (χ1v) is 5.78. The van der Waals surface area contributed by atoms with Gasteiger partial charge in [-0.2, -0.15) is 0 Å². The number of phenols is 1. The molecule has 1 saturated heterocycles. The number of hydrogen-bond acceptors (Lipinski definition) is 3. The predicted molar refractivity (Wildman–Crippen MR) is 65.0 cm³/mol. The van der Waals surface area contributed by atoms with Gasteiger partial charge in [-0.15, -0.1) is 0 Å². The maximum atomic E-state index is 12.2. The number of aromatic hydroxyl groups is 1. The average Bonchev–Trinajstić information content (AvgIpc) is 2.74. The minimum Gasteiger partial charge on any atom is -0.508 e. The molecule has 4 heteroatoms. The van der Waals surface area contributed by atoms with Crippen LogP contribution in [0.15, 0.2) is 24.3 Å². The lowest BCUT2D eigenvalue weighted by Crippen LogP contribution is -2.35. The lowest BCUT2D eigenvalue weighted by Gasteiger charge is -2.22. The van der Waals surface area contributed by atoms with Crippen LogP contribution >= 0.6 is 0 Å². The summed E-state index contributed by atoms with van der Waals surface area (Å²) in [6.45, 7) is 2.58. The number of ether oxygens (including phenoxy) is 1. The van der Waals surface area contributed by atoms with Crippen LogP contribution in [-0.2, 0) is 9.53 Å². The van der Waals surface area contributed by atoms with Crippen molar-refractivity contribution in [3.05, 3.63) is 24.3 Å². The fraction of sp³-hybridized carbons (Fsp3) is 0.462. The molecule has 1 amide bonds. The maximum absolute atomic E-state index is 12.2. The summed E-state index contributed by atoms with van der Waals surface area (Å²) >= 11 is 0. The second-order valence-corrected chi connectivity index (χ2v) is 4.38. The number of carbonyl (C=O) groups is 1. The Labute approximate surface area is 101 Å². The van der Waals surface area contributed by atoms with Gasteiger partial charge >= 0.3 is 0 Å². The molecular formula is C13H17NO3. The third-order valence-electron chi connectivity index (χ3n) is 3.26. The minimum atomic E-state index is -0.0613. The summed E-state index contributed by atoms with van der Waals surface area (Å²) in [6, 6.07) is 6.61. The Morgan fingerprint density at radius 2 is 2.06 bits per heavy atom. The molecule has 0 bridgehead atoms. The number of phenolic OH excluding ortho intramolecular Hbond substituents is 1. The van der Waals surface area contributed by atoms with Crippen molar-refractivity contribution in [1.29, 1.82) is 0 Å². The van der Waals surface area contributed by atoms with Crippen molar-refractivity contribution in [2.45, 2.75) is 19.4 Å². The second-order valence-electron chi connectivity index (χ2n) is 4.38. The maximum Gasteiger partial charge on any atom is 0.232 e. The summed E-state index contributed by atoms with van der Waals surface area (Å²) in [5.41, 5.74) is 0.784. The van der Waals surface area contributed by atoms with E-state index >= 15 is 0 Å². The minimum absolute atomic E-state index is 0.0120. The highest BCUT2D eigenvalue weighted by Gasteiger charge is 2.33. The summed E-state index contributed by atoms with van der Waals surface area (Å²) in [7, 11) is 1.75. The Morgan fingerprint density at radius 1 is 1.41 bits per heavy atom. The third-order valence-corrected chi connectivity index (χ3v) is 3.26. The van der Waals surface area contributed by atoms with Gasteiger partial charge in [-0.3, -0.25) is 4.79 Å². The largest absolute Gasteiger partial charge is 0.508 e. The van der Waals surface area contributed by atoms with Crippen LogP contribution in [0.25, 0.3) is 0 Å². The first kappa shape index (κ1) is 11.9. The van der Waals surface area contributed by atoms with E-state index in [1.165, 1.54) is 0 Å². The van der Waals surface area contributed by atoms with Gasteiger partial charge in [-0.1, -0.05) is 0 Å². The van der Waals surface area contributed by atoms with Crippen LogP contribution < -0.4 is 4.90 Å². The quantitative estimate of drug-likeness (QED) is 0.850. The van der Waals surface area contributed by atoms with E-state index in [4.69, 9.17) is 4.74 Å². The van der Waals surface area contributed by atoms with Gasteiger partial charge in [0.2, 0.25) is 5.91 Å². The molecule has 2 unspecified atom stereocenters. The molecule has 1 aromatic carbocycles. The Hall–Kier alpha value is -1.55. The molecule has 0 aliphatic carbocycles. The molecule has 1 heterocycles. The van der Waals surface area contributed by atoms with Crippen LogP contribution in [0.1, 0.15) is 13.3 Å². The number of rotatable bonds is 2. The number of amides is 1. The molecule has 1 fully saturated rings. The second kappa shape index (κ2) is 4.75. The van der Waals surface area contributed by atoms with E-state index in [2.05, 4.69) is 0 Å². The number of nitrogens with zero attached hydrogens (tertiary/aromatic N) is 1. The Bertz CT molecular complexity index is 402. The van der Waals surface area contributed by atoms with Gasteiger partial charge in [-0.05, 0) is 37.6 Å². The molecule has 0 radical (unpaired) electrons. The molecule has 1 aliphatic heterocycles. The summed E-state index contributed by atoms with van der Waals surface area (Å²) in [5.74, 6) is 0.210. The zero-order valence-corrected chi connectivity index (χ0v) is 10.1. The van der Waals surface area contributed by atoms with Crippen LogP contribution in [0, 0.1) is 5.92 Å². The van der Waals surface area contributed by atoms with Crippen molar-refractivity contribution in [2.75, 3.05) is 18.6 Å². The number of hydrogen-bond donors (Lipinski definition) is 1. The molecule has 1 aromatic rings. The Balaban J connectivity index is 2.11. The standard InChI is InChI=1S/C13H17NO3/c1-9-12(7-8-17-9)13(16)14(2)10-3-5-11(15)6-4-10/h3-6,9,12,15H,7-8H2,1-2H3. The third kappa shape index (κ3) is 2.42. The van der Waals surface area contributed by atoms with Crippen molar-refractivity contribution < 1.29 is 14.6 Å². The predicted octanol–water partition coefficient (Wildman–Crippen LogP) is 1.78. The molecule has 1 aliphatic rings. The fourth-order valence-corrected chi connectivity index (χ4v) is 2.11. The van der Waals surface area contributed by atoms with E-state index < -0.39 is 0 Å². The lowest BCUT2D eigenvalue weighted by molar-refractivity contribution is -0.123. The Morgan fingerprint density at radius 3 is 2.59 bits per heavy atom. The molecule has 0 aromatic heterocycles. The van der Waals surface area contributed by atoms with Crippen LogP contribution in [0.4, 0.5) is 5.69 Å². The van der Waals surface area contributed by atoms with Crippen molar-refractivity contribution in [3.8, 4) is 5.75 Å². The highest BCUT2D eigenvalue weighted by atomic mass is 16.5. The van der Waals surface area contributed by atoms with E-state index in [-0.39, 0.29) is 23.7 Å². The molecule has 4 nitrogen and oxygen atoms in total. The van der Waals surface area contributed by atoms with E-state index in [1.807, 2.05) is 6.92 Å². The van der Waals surface area contributed by atoms with Gasteiger partial charge < -0.3 is 14.7 Å². The zero-order chi connectivity index (χ0) is 12.4. The van der Waals surface area contributed by atoms with Crippen LogP contribution in [-0.4, -0.2) is 30.8 Å². The first-order valence-electron chi connectivity index (χ1n) is 5.78. The van der Waals surface area contributed by atoms with Gasteiger partial charge in [0.05, 0.1) is 12.0 Å². The number of anilines is 1. The molecule has 1 N–H and O–H groups in total. The van der Waals surface area contributed by atoms with Crippen LogP contribution in [0.3, 0.4) is 0 Å². The molecule has 17 heavy (non-hydrogen) atoms. The van der Waals surface area contributed by atoms with Gasteiger partial charge in [0, 0.05) is 19.3 Å². The van der Waals surface area contributed by atoms with Crippen LogP contribution in [0.2, 0.25) is 0 Å². The highest BCUT2D eigenvalue weighted by Crippen LogP contribution is 2.25. The monoisotopic (exact) mass is 235 g/mol. The molecule has 0 spiro atoms. The highest BCUT2D eigenvalue weighted by molar-refractivity contribution is 5.95. The Kier molecular flexibility index (Phi) is 3.33. The normalized spacial score (nSPS) is 23.6.